The van der Waals surface area contributed by atoms with E-state index in [-0.39, 0.29) is 6.67 Å². The van der Waals surface area contributed by atoms with Crippen LogP contribution in [0.1, 0.15) is 24.5 Å². The topological polar surface area (TPSA) is 0 Å². The Morgan fingerprint density at radius 2 is 1.92 bits per heavy atom. The first-order valence-corrected chi connectivity index (χ1v) is 4.18. The second kappa shape index (κ2) is 4.70. The van der Waals surface area contributed by atoms with Crippen molar-refractivity contribution >= 4 is 6.08 Å². The van der Waals surface area contributed by atoms with Crippen LogP contribution in [0.3, 0.4) is 0 Å². The van der Waals surface area contributed by atoms with Gasteiger partial charge < -0.3 is 0 Å². The van der Waals surface area contributed by atoms with Crippen LogP contribution in [-0.4, -0.2) is 0 Å². The van der Waals surface area contributed by atoms with Crippen LogP contribution < -0.4 is 0 Å². The molecule has 0 spiro atoms. The van der Waals surface area contributed by atoms with Crippen LogP contribution in [0.4, 0.5) is 4.39 Å². The molecule has 0 aliphatic carbocycles. The maximum Gasteiger partial charge on any atom is 0.115 e. The monoisotopic (exact) mass is 164 g/mol. The molecule has 0 N–H and O–H groups in total. The molecule has 0 aliphatic heterocycles. The van der Waals surface area contributed by atoms with Gasteiger partial charge in [0.1, 0.15) is 6.67 Å². The first kappa shape index (κ1) is 8.98. The molecule has 0 amide bonds. The van der Waals surface area contributed by atoms with E-state index in [2.05, 4.69) is 13.0 Å². The molecule has 1 rings (SSSR count). The maximum absolute atomic E-state index is 12.1. The average Bonchev–Trinajstić information content (AvgIpc) is 2.15. The van der Waals surface area contributed by atoms with E-state index in [0.29, 0.717) is 0 Å². The van der Waals surface area contributed by atoms with Crippen LogP contribution in [-0.2, 0) is 6.67 Å². The highest BCUT2D eigenvalue weighted by atomic mass is 19.1. The molecule has 0 saturated carbocycles. The summed E-state index contributed by atoms with van der Waals surface area (Å²) >= 11 is 0. The number of rotatable bonds is 3. The van der Waals surface area contributed by atoms with E-state index in [1.807, 2.05) is 30.3 Å². The highest BCUT2D eigenvalue weighted by molar-refractivity contribution is 5.49. The summed E-state index contributed by atoms with van der Waals surface area (Å²) in [5, 5.41) is 0. The van der Waals surface area contributed by atoms with Crippen LogP contribution in [0, 0.1) is 0 Å². The Balaban J connectivity index is 2.71. The fraction of sp³-hybridized carbons (Fsp3) is 0.273. The summed E-state index contributed by atoms with van der Waals surface area (Å²) < 4.78 is 12.1. The maximum atomic E-state index is 12.1. The Labute approximate surface area is 72.7 Å². The fourth-order valence-corrected chi connectivity index (χ4v) is 0.972. The minimum absolute atomic E-state index is 0.377. The zero-order chi connectivity index (χ0) is 8.81. The highest BCUT2D eigenvalue weighted by Gasteiger charge is 1.89. The lowest BCUT2D eigenvalue weighted by molar-refractivity contribution is 0.485. The number of hydrogen-bond donors (Lipinski definition) is 0. The van der Waals surface area contributed by atoms with E-state index in [4.69, 9.17) is 0 Å². The van der Waals surface area contributed by atoms with Gasteiger partial charge in [-0.25, -0.2) is 4.39 Å². The van der Waals surface area contributed by atoms with Gasteiger partial charge in [-0.3, -0.25) is 0 Å². The van der Waals surface area contributed by atoms with E-state index in [1.54, 1.807) is 0 Å². The van der Waals surface area contributed by atoms with Gasteiger partial charge in [-0.15, -0.1) is 0 Å². The molecule has 0 unspecified atom stereocenters. The predicted octanol–water partition coefficient (Wildman–Crippen LogP) is 3.58. The summed E-state index contributed by atoms with van der Waals surface area (Å²) in [4.78, 5) is 0. The summed E-state index contributed by atoms with van der Waals surface area (Å²) in [5.74, 6) is 0. The Hall–Kier alpha value is -1.11. The molecule has 0 nitrogen and oxygen atoms in total. The fourth-order valence-electron chi connectivity index (χ4n) is 0.972. The average molecular weight is 164 g/mol. The zero-order valence-electron chi connectivity index (χ0n) is 7.26. The lowest BCUT2D eigenvalue weighted by Crippen LogP contribution is -1.77. The number of allylic oxidation sites excluding steroid dienone is 1. The second-order valence-electron chi connectivity index (χ2n) is 2.69. The molecule has 0 aliphatic rings. The van der Waals surface area contributed by atoms with Crippen LogP contribution in [0.15, 0.2) is 30.3 Å². The molecular weight excluding hydrogens is 151 g/mol. The normalized spacial score (nSPS) is 10.8. The standard InChI is InChI=1S/C11H13F/c1-2-3-4-10-5-7-11(9-12)8-6-10/h3-8H,2,9H2,1H3/b4-3+. The van der Waals surface area contributed by atoms with Crippen molar-refractivity contribution in [2.45, 2.75) is 20.0 Å². The molecule has 0 saturated heterocycles. The largest absolute Gasteiger partial charge is 0.246 e. The van der Waals surface area contributed by atoms with Crippen LogP contribution in [0.2, 0.25) is 0 Å². The van der Waals surface area contributed by atoms with Gasteiger partial charge in [0.15, 0.2) is 0 Å². The molecular formula is C11H13F. The molecule has 64 valence electrons. The van der Waals surface area contributed by atoms with Gasteiger partial charge in [-0.05, 0) is 17.5 Å². The first-order valence-electron chi connectivity index (χ1n) is 4.18. The van der Waals surface area contributed by atoms with Gasteiger partial charge in [0, 0.05) is 0 Å². The van der Waals surface area contributed by atoms with Crippen molar-refractivity contribution in [3.63, 3.8) is 0 Å². The number of hydrogen-bond acceptors (Lipinski definition) is 0. The van der Waals surface area contributed by atoms with Crippen molar-refractivity contribution in [2.75, 3.05) is 0 Å². The van der Waals surface area contributed by atoms with E-state index in [9.17, 15) is 4.39 Å². The van der Waals surface area contributed by atoms with Gasteiger partial charge in [0.05, 0.1) is 0 Å². The highest BCUT2D eigenvalue weighted by Crippen LogP contribution is 2.07. The van der Waals surface area contributed by atoms with Crippen LogP contribution in [0.25, 0.3) is 6.08 Å². The second-order valence-corrected chi connectivity index (χ2v) is 2.69. The molecule has 0 atom stereocenters. The number of alkyl halides is 1. The minimum Gasteiger partial charge on any atom is -0.246 e. The van der Waals surface area contributed by atoms with Crippen molar-refractivity contribution < 1.29 is 4.39 Å². The Bertz CT molecular complexity index is 246. The molecule has 0 fully saturated rings. The van der Waals surface area contributed by atoms with Crippen molar-refractivity contribution in [1.82, 2.24) is 0 Å². The molecule has 1 heteroatoms. The number of halogens is 1. The third-order valence-electron chi connectivity index (χ3n) is 1.68. The summed E-state index contributed by atoms with van der Waals surface area (Å²) in [6.45, 7) is 1.71. The van der Waals surface area contributed by atoms with Crippen molar-refractivity contribution in [3.05, 3.63) is 41.5 Å². The SMILES string of the molecule is CC/C=C/c1ccc(CF)cc1. The van der Waals surface area contributed by atoms with Crippen LogP contribution >= 0.6 is 0 Å². The smallest absolute Gasteiger partial charge is 0.115 e. The van der Waals surface area contributed by atoms with Crippen molar-refractivity contribution in [2.24, 2.45) is 0 Å². The van der Waals surface area contributed by atoms with Gasteiger partial charge in [0.25, 0.3) is 0 Å². The summed E-state index contributed by atoms with van der Waals surface area (Å²) in [6.07, 6.45) is 5.16. The van der Waals surface area contributed by atoms with E-state index in [1.165, 1.54) is 0 Å². The van der Waals surface area contributed by atoms with E-state index < -0.39 is 0 Å². The molecule has 0 bridgehead atoms. The third kappa shape index (κ3) is 2.50. The van der Waals surface area contributed by atoms with E-state index >= 15 is 0 Å². The molecule has 0 radical (unpaired) electrons. The first-order chi connectivity index (χ1) is 5.86. The lowest BCUT2D eigenvalue weighted by atomic mass is 10.1. The summed E-state index contributed by atoms with van der Waals surface area (Å²) in [6, 6.07) is 7.49. The molecule has 0 aromatic heterocycles. The number of benzene rings is 1. The zero-order valence-corrected chi connectivity index (χ0v) is 7.26. The third-order valence-corrected chi connectivity index (χ3v) is 1.68. The molecule has 12 heavy (non-hydrogen) atoms. The predicted molar refractivity (Wildman–Crippen MR) is 50.6 cm³/mol. The van der Waals surface area contributed by atoms with Gasteiger partial charge in [0.2, 0.25) is 0 Å². The van der Waals surface area contributed by atoms with E-state index in [0.717, 1.165) is 17.5 Å². The summed E-state index contributed by atoms with van der Waals surface area (Å²) in [5.41, 5.74) is 1.87. The summed E-state index contributed by atoms with van der Waals surface area (Å²) in [7, 11) is 0. The van der Waals surface area contributed by atoms with Crippen molar-refractivity contribution in [1.29, 1.82) is 0 Å². The van der Waals surface area contributed by atoms with Crippen LogP contribution in [0.5, 0.6) is 0 Å². The molecule has 1 aromatic carbocycles. The van der Waals surface area contributed by atoms with Gasteiger partial charge >= 0.3 is 0 Å². The van der Waals surface area contributed by atoms with Gasteiger partial charge in [-0.1, -0.05) is 43.3 Å². The lowest BCUT2D eigenvalue weighted by Gasteiger charge is -1.95. The molecule has 1 aromatic rings. The van der Waals surface area contributed by atoms with Crippen molar-refractivity contribution in [3.8, 4) is 0 Å². The Morgan fingerprint density at radius 1 is 1.25 bits per heavy atom. The van der Waals surface area contributed by atoms with Gasteiger partial charge in [-0.2, -0.15) is 0 Å². The Kier molecular flexibility index (Phi) is 3.52. The molecule has 0 heterocycles. The Morgan fingerprint density at radius 3 is 2.42 bits per heavy atom. The quantitative estimate of drug-likeness (QED) is 0.640. The minimum atomic E-state index is -0.377.